The van der Waals surface area contributed by atoms with Crippen molar-refractivity contribution < 1.29 is 9.13 Å². The molecule has 0 saturated heterocycles. The van der Waals surface area contributed by atoms with E-state index < -0.39 is 0 Å². The molecule has 0 aliphatic heterocycles. The topological polar surface area (TPSA) is 21.6 Å². The lowest BCUT2D eigenvalue weighted by molar-refractivity contribution is 0.305. The Bertz CT molecular complexity index is 858. The number of hydrogen-bond donors (Lipinski definition) is 0. The number of ether oxygens (including phenoxy) is 1. The second-order valence-corrected chi connectivity index (χ2v) is 5.50. The summed E-state index contributed by atoms with van der Waals surface area (Å²) >= 11 is 0. The van der Waals surface area contributed by atoms with Crippen molar-refractivity contribution in [3.8, 4) is 5.75 Å². The fraction of sp³-hybridized carbons (Fsp3) is 0.0952. The van der Waals surface area contributed by atoms with E-state index in [-0.39, 0.29) is 5.82 Å². The Morgan fingerprint density at radius 1 is 0.958 bits per heavy atom. The maximum absolute atomic E-state index is 13.2. The molecule has 0 fully saturated rings. The van der Waals surface area contributed by atoms with Crippen molar-refractivity contribution in [2.24, 2.45) is 4.99 Å². The highest BCUT2D eigenvalue weighted by atomic mass is 19.1. The van der Waals surface area contributed by atoms with Crippen molar-refractivity contribution in [2.45, 2.75) is 13.5 Å². The average Bonchev–Trinajstić information content (AvgIpc) is 2.60. The fourth-order valence-corrected chi connectivity index (χ4v) is 2.35. The van der Waals surface area contributed by atoms with Gasteiger partial charge < -0.3 is 4.74 Å². The molecule has 0 atom stereocenters. The Morgan fingerprint density at radius 3 is 2.58 bits per heavy atom. The first-order valence-electron chi connectivity index (χ1n) is 7.78. The van der Waals surface area contributed by atoms with Crippen LogP contribution in [0, 0.1) is 12.7 Å². The molecule has 0 heterocycles. The smallest absolute Gasteiger partial charge is 0.128 e. The Kier molecular flexibility index (Phi) is 5.02. The monoisotopic (exact) mass is 319 g/mol. The summed E-state index contributed by atoms with van der Waals surface area (Å²) in [5.74, 6) is 0.463. The van der Waals surface area contributed by atoms with E-state index in [1.807, 2.05) is 61.5 Å². The van der Waals surface area contributed by atoms with E-state index in [1.165, 1.54) is 12.1 Å². The molecule has 3 heteroatoms. The summed E-state index contributed by atoms with van der Waals surface area (Å²) in [6, 6.07) is 22.1. The molecule has 3 aromatic carbocycles. The second kappa shape index (κ2) is 7.55. The first-order valence-corrected chi connectivity index (χ1v) is 7.78. The van der Waals surface area contributed by atoms with Gasteiger partial charge in [-0.25, -0.2) is 4.39 Å². The number of nitrogens with zero attached hydrogens (tertiary/aromatic N) is 1. The second-order valence-electron chi connectivity index (χ2n) is 5.50. The van der Waals surface area contributed by atoms with Crippen LogP contribution in [-0.2, 0) is 6.61 Å². The van der Waals surface area contributed by atoms with Crippen LogP contribution in [0.15, 0.2) is 77.8 Å². The van der Waals surface area contributed by atoms with Gasteiger partial charge in [-0.3, -0.25) is 4.99 Å². The summed E-state index contributed by atoms with van der Waals surface area (Å²) in [5, 5.41) is 0. The van der Waals surface area contributed by atoms with Gasteiger partial charge in [-0.15, -0.1) is 0 Å². The Balaban J connectivity index is 1.77. The molecular formula is C21H18FNO. The molecular weight excluding hydrogens is 301 g/mol. The van der Waals surface area contributed by atoms with Crippen LogP contribution < -0.4 is 4.74 Å². The number of para-hydroxylation sites is 2. The van der Waals surface area contributed by atoms with Gasteiger partial charge in [0.05, 0.1) is 5.69 Å². The van der Waals surface area contributed by atoms with Crippen LogP contribution >= 0.6 is 0 Å². The maximum atomic E-state index is 13.2. The van der Waals surface area contributed by atoms with E-state index in [0.29, 0.717) is 6.61 Å². The summed E-state index contributed by atoms with van der Waals surface area (Å²) < 4.78 is 19.1. The van der Waals surface area contributed by atoms with Crippen LogP contribution in [-0.4, -0.2) is 6.21 Å². The van der Waals surface area contributed by atoms with Crippen LogP contribution in [0.3, 0.4) is 0 Å². The number of hydrogen-bond acceptors (Lipinski definition) is 2. The van der Waals surface area contributed by atoms with Crippen molar-refractivity contribution in [1.82, 2.24) is 0 Å². The molecule has 120 valence electrons. The summed E-state index contributed by atoms with van der Waals surface area (Å²) in [4.78, 5) is 4.54. The average molecular weight is 319 g/mol. The predicted molar refractivity (Wildman–Crippen MR) is 95.6 cm³/mol. The maximum Gasteiger partial charge on any atom is 0.128 e. The van der Waals surface area contributed by atoms with Gasteiger partial charge in [0.25, 0.3) is 0 Å². The lowest BCUT2D eigenvalue weighted by atomic mass is 10.2. The Hall–Kier alpha value is -2.94. The normalized spacial score (nSPS) is 10.9. The highest BCUT2D eigenvalue weighted by Crippen LogP contribution is 2.21. The SMILES string of the molecule is Cc1ccccc1N=Cc1ccccc1OCc1cccc(F)c1. The van der Waals surface area contributed by atoms with Gasteiger partial charge in [0.2, 0.25) is 0 Å². The number of aryl methyl sites for hydroxylation is 1. The van der Waals surface area contributed by atoms with Gasteiger partial charge in [-0.2, -0.15) is 0 Å². The summed E-state index contributed by atoms with van der Waals surface area (Å²) in [6.45, 7) is 2.34. The Morgan fingerprint density at radius 2 is 1.75 bits per heavy atom. The molecule has 0 aromatic heterocycles. The first kappa shape index (κ1) is 15.9. The number of halogens is 1. The lowest BCUT2D eigenvalue weighted by Crippen LogP contribution is -1.98. The van der Waals surface area contributed by atoms with Crippen molar-refractivity contribution in [3.63, 3.8) is 0 Å². The van der Waals surface area contributed by atoms with E-state index in [2.05, 4.69) is 4.99 Å². The quantitative estimate of drug-likeness (QED) is 0.572. The molecule has 0 aliphatic rings. The van der Waals surface area contributed by atoms with Gasteiger partial charge in [0.15, 0.2) is 0 Å². The molecule has 0 aliphatic carbocycles. The molecule has 0 amide bonds. The van der Waals surface area contributed by atoms with Crippen LogP contribution in [0.5, 0.6) is 5.75 Å². The van der Waals surface area contributed by atoms with Crippen molar-refractivity contribution in [2.75, 3.05) is 0 Å². The number of rotatable bonds is 5. The third kappa shape index (κ3) is 4.07. The molecule has 24 heavy (non-hydrogen) atoms. The van der Waals surface area contributed by atoms with E-state index in [0.717, 1.165) is 28.1 Å². The largest absolute Gasteiger partial charge is 0.488 e. The van der Waals surface area contributed by atoms with Crippen LogP contribution in [0.25, 0.3) is 0 Å². The van der Waals surface area contributed by atoms with Crippen molar-refractivity contribution >= 4 is 11.9 Å². The molecule has 0 bridgehead atoms. The van der Waals surface area contributed by atoms with E-state index >= 15 is 0 Å². The summed E-state index contributed by atoms with van der Waals surface area (Å²) in [7, 11) is 0. The highest BCUT2D eigenvalue weighted by molar-refractivity contribution is 5.85. The summed E-state index contributed by atoms with van der Waals surface area (Å²) in [5.41, 5.74) is 3.72. The Labute approximate surface area is 141 Å². The van der Waals surface area contributed by atoms with Crippen LogP contribution in [0.2, 0.25) is 0 Å². The molecule has 0 radical (unpaired) electrons. The number of aliphatic imine (C=N–C) groups is 1. The zero-order valence-corrected chi connectivity index (χ0v) is 13.4. The molecule has 3 rings (SSSR count). The van der Waals surface area contributed by atoms with E-state index in [9.17, 15) is 4.39 Å². The lowest BCUT2D eigenvalue weighted by Gasteiger charge is -2.09. The highest BCUT2D eigenvalue weighted by Gasteiger charge is 2.03. The predicted octanol–water partition coefficient (Wildman–Crippen LogP) is 5.46. The molecule has 2 nitrogen and oxygen atoms in total. The number of benzene rings is 3. The van der Waals surface area contributed by atoms with Gasteiger partial charge in [0, 0.05) is 11.8 Å². The minimum absolute atomic E-state index is 0.259. The van der Waals surface area contributed by atoms with E-state index in [4.69, 9.17) is 4.74 Å². The zero-order valence-electron chi connectivity index (χ0n) is 13.4. The molecule has 0 unspecified atom stereocenters. The van der Waals surface area contributed by atoms with Crippen molar-refractivity contribution in [1.29, 1.82) is 0 Å². The molecule has 3 aromatic rings. The zero-order chi connectivity index (χ0) is 16.8. The minimum Gasteiger partial charge on any atom is -0.488 e. The van der Waals surface area contributed by atoms with Crippen LogP contribution in [0.4, 0.5) is 10.1 Å². The summed E-state index contributed by atoms with van der Waals surface area (Å²) in [6.07, 6.45) is 1.79. The van der Waals surface area contributed by atoms with Gasteiger partial charge >= 0.3 is 0 Å². The fourth-order valence-electron chi connectivity index (χ4n) is 2.35. The third-order valence-corrected chi connectivity index (χ3v) is 3.66. The minimum atomic E-state index is -0.259. The molecule has 0 saturated carbocycles. The third-order valence-electron chi connectivity index (χ3n) is 3.66. The van der Waals surface area contributed by atoms with Gasteiger partial charge in [-0.05, 0) is 48.4 Å². The molecule has 0 N–H and O–H groups in total. The standard InChI is InChI=1S/C21H18FNO/c1-16-7-2-4-11-20(16)23-14-18-9-3-5-12-21(18)24-15-17-8-6-10-19(22)13-17/h2-14H,15H2,1H3. The van der Waals surface area contributed by atoms with Crippen LogP contribution in [0.1, 0.15) is 16.7 Å². The molecule has 0 spiro atoms. The van der Waals surface area contributed by atoms with Gasteiger partial charge in [0.1, 0.15) is 18.2 Å². The van der Waals surface area contributed by atoms with E-state index in [1.54, 1.807) is 12.3 Å². The van der Waals surface area contributed by atoms with Gasteiger partial charge in [-0.1, -0.05) is 42.5 Å². The van der Waals surface area contributed by atoms with Crippen molar-refractivity contribution in [3.05, 3.63) is 95.3 Å². The first-order chi connectivity index (χ1) is 11.7.